The Balaban J connectivity index is 2.26. The minimum absolute atomic E-state index is 0.0899. The molecular formula is C11H13N3O2. The van der Waals surface area contributed by atoms with Crippen molar-refractivity contribution in [2.75, 3.05) is 6.54 Å². The number of benzene rings is 1. The van der Waals surface area contributed by atoms with Crippen LogP contribution < -0.4 is 11.0 Å². The summed E-state index contributed by atoms with van der Waals surface area (Å²) in [6.07, 6.45) is 0. The van der Waals surface area contributed by atoms with Crippen LogP contribution in [0.3, 0.4) is 0 Å². The molecule has 1 heterocycles. The molecule has 5 nitrogen and oxygen atoms in total. The van der Waals surface area contributed by atoms with Gasteiger partial charge in [-0.2, -0.15) is 0 Å². The molecular weight excluding hydrogens is 206 g/mol. The molecule has 0 fully saturated rings. The third-order valence-electron chi connectivity index (χ3n) is 2.39. The first-order valence-electron chi connectivity index (χ1n) is 5.10. The molecule has 1 aromatic heterocycles. The summed E-state index contributed by atoms with van der Waals surface area (Å²) >= 11 is 0. The number of nitrogens with zero attached hydrogens (tertiary/aromatic N) is 1. The second-order valence-corrected chi connectivity index (χ2v) is 3.58. The fourth-order valence-electron chi connectivity index (χ4n) is 1.67. The van der Waals surface area contributed by atoms with Gasteiger partial charge >= 0.3 is 5.69 Å². The molecule has 0 atom stereocenters. The van der Waals surface area contributed by atoms with Crippen molar-refractivity contribution in [3.05, 3.63) is 34.7 Å². The number of aromatic amines is 1. The number of imidazole rings is 1. The quantitative estimate of drug-likeness (QED) is 0.787. The zero-order valence-corrected chi connectivity index (χ0v) is 8.99. The van der Waals surface area contributed by atoms with Gasteiger partial charge in [-0.15, -0.1) is 0 Å². The normalized spacial score (nSPS) is 10.6. The largest absolute Gasteiger partial charge is 0.355 e. The lowest BCUT2D eigenvalue weighted by Gasteiger charge is -2.03. The fraction of sp³-hybridized carbons (Fsp3) is 0.273. The van der Waals surface area contributed by atoms with E-state index in [0.29, 0.717) is 13.1 Å². The first-order valence-corrected chi connectivity index (χ1v) is 5.10. The Morgan fingerprint density at radius 2 is 2.19 bits per heavy atom. The van der Waals surface area contributed by atoms with Crippen molar-refractivity contribution in [3.63, 3.8) is 0 Å². The first kappa shape index (κ1) is 10.5. The Hall–Kier alpha value is -2.04. The molecule has 0 saturated heterocycles. The van der Waals surface area contributed by atoms with Crippen molar-refractivity contribution in [2.24, 2.45) is 0 Å². The number of fused-ring (bicyclic) bond motifs is 1. The number of hydrogen-bond acceptors (Lipinski definition) is 2. The van der Waals surface area contributed by atoms with Gasteiger partial charge in [-0.05, 0) is 12.1 Å². The van der Waals surface area contributed by atoms with Crippen LogP contribution in [0, 0.1) is 0 Å². The van der Waals surface area contributed by atoms with Crippen molar-refractivity contribution in [2.45, 2.75) is 13.5 Å². The molecule has 84 valence electrons. The van der Waals surface area contributed by atoms with Crippen LogP contribution in [0.25, 0.3) is 11.0 Å². The van der Waals surface area contributed by atoms with Crippen molar-refractivity contribution < 1.29 is 4.79 Å². The fourth-order valence-corrected chi connectivity index (χ4v) is 1.67. The zero-order valence-electron chi connectivity index (χ0n) is 8.99. The number of nitrogens with one attached hydrogen (secondary N) is 2. The number of hydrogen-bond donors (Lipinski definition) is 2. The van der Waals surface area contributed by atoms with E-state index in [1.54, 1.807) is 4.57 Å². The minimum atomic E-state index is -0.147. The predicted octanol–water partition coefficient (Wildman–Crippen LogP) is 0.466. The maximum absolute atomic E-state index is 11.6. The Morgan fingerprint density at radius 1 is 1.44 bits per heavy atom. The summed E-state index contributed by atoms with van der Waals surface area (Å²) in [6.45, 7) is 2.39. The highest BCUT2D eigenvalue weighted by atomic mass is 16.2. The summed E-state index contributed by atoms with van der Waals surface area (Å²) in [5.74, 6) is -0.0899. The van der Waals surface area contributed by atoms with Gasteiger partial charge in [0, 0.05) is 20.0 Å². The SMILES string of the molecule is CC(=O)NCCn1c(=O)[nH]c2ccccc21. The third kappa shape index (κ3) is 1.98. The van der Waals surface area contributed by atoms with Gasteiger partial charge < -0.3 is 10.3 Å². The lowest BCUT2D eigenvalue weighted by atomic mass is 10.3. The Kier molecular flexibility index (Phi) is 2.76. The summed E-state index contributed by atoms with van der Waals surface area (Å²) < 4.78 is 1.62. The number of amides is 1. The summed E-state index contributed by atoms with van der Waals surface area (Å²) in [4.78, 5) is 25.1. The molecule has 1 aromatic carbocycles. The van der Waals surface area contributed by atoms with Gasteiger partial charge in [0.1, 0.15) is 0 Å². The van der Waals surface area contributed by atoms with Crippen LogP contribution in [-0.2, 0) is 11.3 Å². The zero-order chi connectivity index (χ0) is 11.5. The molecule has 2 aromatic rings. The molecule has 0 bridgehead atoms. The standard InChI is InChI=1S/C11H13N3O2/c1-8(15)12-6-7-14-10-5-3-2-4-9(10)13-11(14)16/h2-5H,6-7H2,1H3,(H,12,15)(H,13,16). The molecule has 0 radical (unpaired) electrons. The van der Waals surface area contributed by atoms with Gasteiger partial charge in [-0.3, -0.25) is 9.36 Å². The van der Waals surface area contributed by atoms with Crippen molar-refractivity contribution >= 4 is 16.9 Å². The molecule has 0 aliphatic rings. The molecule has 1 amide bonds. The third-order valence-corrected chi connectivity index (χ3v) is 2.39. The van der Waals surface area contributed by atoms with E-state index in [4.69, 9.17) is 0 Å². The topological polar surface area (TPSA) is 66.9 Å². The molecule has 2 N–H and O–H groups in total. The summed E-state index contributed by atoms with van der Waals surface area (Å²) in [6, 6.07) is 7.48. The van der Waals surface area contributed by atoms with Crippen LogP contribution >= 0.6 is 0 Å². The van der Waals surface area contributed by atoms with Gasteiger partial charge in [0.2, 0.25) is 5.91 Å². The summed E-state index contributed by atoms with van der Waals surface area (Å²) in [7, 11) is 0. The predicted molar refractivity (Wildman–Crippen MR) is 61.2 cm³/mol. The van der Waals surface area contributed by atoms with E-state index in [0.717, 1.165) is 11.0 Å². The molecule has 0 aliphatic carbocycles. The lowest BCUT2D eigenvalue weighted by Crippen LogP contribution is -2.28. The lowest BCUT2D eigenvalue weighted by molar-refractivity contribution is -0.118. The molecule has 0 unspecified atom stereocenters. The van der Waals surface area contributed by atoms with E-state index in [9.17, 15) is 9.59 Å². The van der Waals surface area contributed by atoms with Crippen LogP contribution in [0.2, 0.25) is 0 Å². The Bertz CT molecular complexity index is 568. The Labute approximate surface area is 92.1 Å². The molecule has 0 spiro atoms. The summed E-state index contributed by atoms with van der Waals surface area (Å²) in [5.41, 5.74) is 1.53. The van der Waals surface area contributed by atoms with Crippen LogP contribution in [-0.4, -0.2) is 22.0 Å². The average molecular weight is 219 g/mol. The number of H-pyrrole nitrogens is 1. The second-order valence-electron chi connectivity index (χ2n) is 3.58. The van der Waals surface area contributed by atoms with Crippen LogP contribution in [0.15, 0.2) is 29.1 Å². The maximum Gasteiger partial charge on any atom is 0.326 e. The van der Waals surface area contributed by atoms with Crippen LogP contribution in [0.1, 0.15) is 6.92 Å². The van der Waals surface area contributed by atoms with Gasteiger partial charge in [0.05, 0.1) is 11.0 Å². The van der Waals surface area contributed by atoms with E-state index in [1.807, 2.05) is 24.3 Å². The number of para-hydroxylation sites is 2. The molecule has 0 aliphatic heterocycles. The van der Waals surface area contributed by atoms with E-state index < -0.39 is 0 Å². The maximum atomic E-state index is 11.6. The average Bonchev–Trinajstić information content (AvgIpc) is 2.55. The smallest absolute Gasteiger partial charge is 0.326 e. The number of carbonyl (C=O) groups excluding carboxylic acids is 1. The van der Waals surface area contributed by atoms with Crippen LogP contribution in [0.4, 0.5) is 0 Å². The first-order chi connectivity index (χ1) is 7.68. The number of aromatic nitrogens is 2. The van der Waals surface area contributed by atoms with Crippen molar-refractivity contribution in [3.8, 4) is 0 Å². The highest BCUT2D eigenvalue weighted by molar-refractivity contribution is 5.75. The second kappa shape index (κ2) is 4.22. The van der Waals surface area contributed by atoms with E-state index in [-0.39, 0.29) is 11.6 Å². The minimum Gasteiger partial charge on any atom is -0.355 e. The van der Waals surface area contributed by atoms with Crippen molar-refractivity contribution in [1.29, 1.82) is 0 Å². The molecule has 0 saturated carbocycles. The molecule has 2 rings (SSSR count). The highest BCUT2D eigenvalue weighted by Crippen LogP contribution is 2.07. The van der Waals surface area contributed by atoms with Crippen LogP contribution in [0.5, 0.6) is 0 Å². The highest BCUT2D eigenvalue weighted by Gasteiger charge is 2.04. The van der Waals surface area contributed by atoms with Gasteiger partial charge in [-0.1, -0.05) is 12.1 Å². The summed E-state index contributed by atoms with van der Waals surface area (Å²) in [5, 5.41) is 2.66. The Morgan fingerprint density at radius 3 is 2.94 bits per heavy atom. The molecule has 16 heavy (non-hydrogen) atoms. The van der Waals surface area contributed by atoms with E-state index in [1.165, 1.54) is 6.92 Å². The number of rotatable bonds is 3. The van der Waals surface area contributed by atoms with Crippen molar-refractivity contribution in [1.82, 2.24) is 14.9 Å². The van der Waals surface area contributed by atoms with Gasteiger partial charge in [-0.25, -0.2) is 4.79 Å². The van der Waals surface area contributed by atoms with Gasteiger partial charge in [0.15, 0.2) is 0 Å². The van der Waals surface area contributed by atoms with Gasteiger partial charge in [0.25, 0.3) is 0 Å². The van der Waals surface area contributed by atoms with E-state index in [2.05, 4.69) is 10.3 Å². The number of carbonyl (C=O) groups is 1. The monoisotopic (exact) mass is 219 g/mol. The molecule has 5 heteroatoms. The van der Waals surface area contributed by atoms with E-state index >= 15 is 0 Å².